The van der Waals surface area contributed by atoms with Gasteiger partial charge in [-0.2, -0.15) is 0 Å². The Kier molecular flexibility index (Phi) is 59.5. The normalized spacial score (nSPS) is 14.2. The third-order valence-electron chi connectivity index (χ3n) is 15.1. The number of phosphoric ester groups is 1. The second-order valence-electron chi connectivity index (χ2n) is 24.1. The maximum atomic E-state index is 13.0. The zero-order valence-corrected chi connectivity index (χ0v) is 54.2. The van der Waals surface area contributed by atoms with Crippen molar-refractivity contribution in [1.82, 2.24) is 5.32 Å². The predicted octanol–water partition coefficient (Wildman–Crippen LogP) is 20.9. The Labute approximate surface area is 497 Å². The van der Waals surface area contributed by atoms with Crippen molar-refractivity contribution in [1.29, 1.82) is 0 Å². The Bertz CT molecular complexity index is 1580. The molecule has 2 N–H and O–H groups in total. The number of quaternary nitrogens is 1. The van der Waals surface area contributed by atoms with Crippen molar-refractivity contribution >= 4 is 13.7 Å². The number of nitrogens with zero attached hydrogens (tertiary/aromatic N) is 1. The number of allylic oxidation sites excluding steroid dienone is 13. The van der Waals surface area contributed by atoms with Gasteiger partial charge in [0.15, 0.2) is 0 Å². The van der Waals surface area contributed by atoms with E-state index < -0.39 is 26.6 Å². The molecular weight excluding hydrogens is 1010 g/mol. The zero-order valence-electron chi connectivity index (χ0n) is 53.3. The number of rotatable bonds is 62. The Morgan fingerprint density at radius 2 is 0.775 bits per heavy atom. The van der Waals surface area contributed by atoms with Crippen LogP contribution in [0.3, 0.4) is 0 Å². The molecule has 80 heavy (non-hydrogen) atoms. The summed E-state index contributed by atoms with van der Waals surface area (Å²) in [7, 11) is 1.25. The monoisotopic (exact) mass is 1140 g/mol. The topological polar surface area (TPSA) is 108 Å². The number of aliphatic hydroxyl groups is 1. The lowest BCUT2D eigenvalue weighted by atomic mass is 10.0. The van der Waals surface area contributed by atoms with Crippen LogP contribution in [0.1, 0.15) is 309 Å². The van der Waals surface area contributed by atoms with E-state index in [0.29, 0.717) is 17.4 Å². The van der Waals surface area contributed by atoms with Gasteiger partial charge >= 0.3 is 0 Å². The Balaban J connectivity index is 4.11. The Morgan fingerprint density at radius 3 is 1.16 bits per heavy atom. The van der Waals surface area contributed by atoms with Gasteiger partial charge in [0, 0.05) is 6.42 Å². The summed E-state index contributed by atoms with van der Waals surface area (Å²) < 4.78 is 23.4. The number of hydrogen-bond acceptors (Lipinski definition) is 6. The second kappa shape index (κ2) is 61.2. The molecule has 3 unspecified atom stereocenters. The Morgan fingerprint density at radius 1 is 0.450 bits per heavy atom. The fraction of sp³-hybridized carbons (Fsp3) is 0.789. The molecule has 0 aliphatic carbocycles. The van der Waals surface area contributed by atoms with Crippen LogP contribution < -0.4 is 10.2 Å². The lowest BCUT2D eigenvalue weighted by Gasteiger charge is -2.29. The van der Waals surface area contributed by atoms with E-state index in [1.54, 1.807) is 6.08 Å². The molecule has 0 aliphatic heterocycles. The number of hydrogen-bond donors (Lipinski definition) is 2. The van der Waals surface area contributed by atoms with Crippen LogP contribution in [-0.4, -0.2) is 68.5 Å². The number of carbonyl (C=O) groups excluding carboxylic acids is 1. The average Bonchev–Trinajstić information content (AvgIpc) is 3.42. The van der Waals surface area contributed by atoms with Crippen molar-refractivity contribution in [3.63, 3.8) is 0 Å². The van der Waals surface area contributed by atoms with Crippen molar-refractivity contribution < 1.29 is 32.9 Å². The zero-order chi connectivity index (χ0) is 58.4. The first-order valence-electron chi connectivity index (χ1n) is 33.9. The SMILES string of the molecule is CC/C=C\C/C=C\C/C=C\C/C=C\C/C=C\CCCCCCCCCCCCCCCCCCCC(=O)NC(COP(=O)([O-])OCC[N+](C)(C)C)C(O)/C=C/CC/C=C/CCCCCCCCCCCCCCCCCCCCC. The van der Waals surface area contributed by atoms with Gasteiger partial charge in [-0.25, -0.2) is 0 Å². The molecule has 0 rings (SSSR count). The minimum absolute atomic E-state index is 0.00781. The molecule has 0 radical (unpaired) electrons. The summed E-state index contributed by atoms with van der Waals surface area (Å²) in [4.78, 5) is 25.6. The first-order valence-corrected chi connectivity index (χ1v) is 35.4. The lowest BCUT2D eigenvalue weighted by Crippen LogP contribution is -2.45. The molecular formula is C71H131N2O6P. The van der Waals surface area contributed by atoms with Crippen LogP contribution in [0, 0.1) is 0 Å². The number of unbranched alkanes of at least 4 members (excludes halogenated alkanes) is 37. The van der Waals surface area contributed by atoms with E-state index in [2.05, 4.69) is 92.1 Å². The molecule has 3 atom stereocenters. The van der Waals surface area contributed by atoms with E-state index in [0.717, 1.165) is 70.6 Å². The van der Waals surface area contributed by atoms with E-state index in [-0.39, 0.29) is 12.5 Å². The van der Waals surface area contributed by atoms with Crippen molar-refractivity contribution in [2.24, 2.45) is 0 Å². The van der Waals surface area contributed by atoms with Gasteiger partial charge in [-0.3, -0.25) is 9.36 Å². The van der Waals surface area contributed by atoms with Gasteiger partial charge in [0.1, 0.15) is 13.2 Å². The van der Waals surface area contributed by atoms with Gasteiger partial charge in [0.05, 0.1) is 39.9 Å². The summed E-state index contributed by atoms with van der Waals surface area (Å²) in [5.74, 6) is -0.205. The highest BCUT2D eigenvalue weighted by atomic mass is 31.2. The minimum atomic E-state index is -4.61. The predicted molar refractivity (Wildman–Crippen MR) is 348 cm³/mol. The summed E-state index contributed by atoms with van der Waals surface area (Å²) in [6.45, 7) is 4.55. The smallest absolute Gasteiger partial charge is 0.268 e. The van der Waals surface area contributed by atoms with Crippen molar-refractivity contribution in [2.45, 2.75) is 321 Å². The molecule has 9 heteroatoms. The summed E-state index contributed by atoms with van der Waals surface area (Å²) in [5.41, 5.74) is 0. The molecule has 0 saturated carbocycles. The average molecular weight is 1140 g/mol. The molecule has 0 bridgehead atoms. The molecule has 0 aromatic heterocycles. The molecule has 1 amide bonds. The van der Waals surface area contributed by atoms with E-state index in [1.165, 1.54) is 218 Å². The molecule has 0 spiro atoms. The molecule has 0 aliphatic rings. The summed E-state index contributed by atoms with van der Waals surface area (Å²) >= 11 is 0. The number of carbonyl (C=O) groups is 1. The van der Waals surface area contributed by atoms with E-state index in [9.17, 15) is 19.4 Å². The highest BCUT2D eigenvalue weighted by Crippen LogP contribution is 2.38. The van der Waals surface area contributed by atoms with Crippen molar-refractivity contribution in [3.05, 3.63) is 85.1 Å². The number of nitrogens with one attached hydrogen (secondary N) is 1. The quantitative estimate of drug-likeness (QED) is 0.0272. The van der Waals surface area contributed by atoms with Crippen LogP contribution in [0.5, 0.6) is 0 Å². The maximum absolute atomic E-state index is 13.0. The number of aliphatic hydroxyl groups excluding tert-OH is 1. The third kappa shape index (κ3) is 63.3. The highest BCUT2D eigenvalue weighted by Gasteiger charge is 2.23. The van der Waals surface area contributed by atoms with Crippen LogP contribution >= 0.6 is 7.82 Å². The first kappa shape index (κ1) is 77.7. The van der Waals surface area contributed by atoms with Crippen molar-refractivity contribution in [3.8, 4) is 0 Å². The number of likely N-dealkylation sites (N-methyl/N-ethyl adjacent to an activating group) is 1. The molecule has 0 aromatic rings. The first-order chi connectivity index (χ1) is 39.0. The largest absolute Gasteiger partial charge is 0.756 e. The van der Waals surface area contributed by atoms with Crippen LogP contribution in [0.15, 0.2) is 85.1 Å². The van der Waals surface area contributed by atoms with E-state index >= 15 is 0 Å². The molecule has 0 aromatic carbocycles. The molecule has 0 fully saturated rings. The number of amides is 1. The summed E-state index contributed by atoms with van der Waals surface area (Å²) in [5, 5.41) is 13.9. The van der Waals surface area contributed by atoms with Gasteiger partial charge in [-0.1, -0.05) is 311 Å². The fourth-order valence-electron chi connectivity index (χ4n) is 9.85. The minimum Gasteiger partial charge on any atom is -0.756 e. The molecule has 8 nitrogen and oxygen atoms in total. The standard InChI is InChI=1S/C71H131N2O6P/c1-6-8-10-12-14-16-18-20-22-24-26-28-30-32-33-34-35-36-37-38-39-41-43-45-47-49-51-53-55-57-59-61-63-65-71(75)72-69(68-79-80(76,77)78-67-66-73(3,4)5)70(74)64-62-60-58-56-54-52-50-48-46-44-42-40-31-29-27-25-23-21-19-17-15-13-11-9-7-2/h8,10,14,16,20,22,26,28,32-33,54,56,62,64,69-70,74H,6-7,9,11-13,15,17-19,21,23-25,27,29-31,34-53,55,57-61,63,65-68H2,1-5H3,(H-,72,75,76,77)/b10-8-,16-14-,22-20-,28-26-,33-32-,56-54+,64-62+. The van der Waals surface area contributed by atoms with Gasteiger partial charge in [0.2, 0.25) is 5.91 Å². The third-order valence-corrected chi connectivity index (χ3v) is 16.1. The van der Waals surface area contributed by atoms with Crippen LogP contribution in [0.25, 0.3) is 0 Å². The van der Waals surface area contributed by atoms with Crippen LogP contribution in [0.2, 0.25) is 0 Å². The summed E-state index contributed by atoms with van der Waals surface area (Å²) in [6.07, 6.45) is 87.0. The molecule has 466 valence electrons. The highest BCUT2D eigenvalue weighted by molar-refractivity contribution is 7.45. The second-order valence-corrected chi connectivity index (χ2v) is 25.6. The van der Waals surface area contributed by atoms with Crippen LogP contribution in [-0.2, 0) is 18.4 Å². The van der Waals surface area contributed by atoms with E-state index in [4.69, 9.17) is 9.05 Å². The maximum Gasteiger partial charge on any atom is 0.268 e. The van der Waals surface area contributed by atoms with Crippen LogP contribution in [0.4, 0.5) is 0 Å². The fourth-order valence-corrected chi connectivity index (χ4v) is 10.6. The Hall–Kier alpha value is -2.32. The van der Waals surface area contributed by atoms with Crippen molar-refractivity contribution in [2.75, 3.05) is 40.9 Å². The lowest BCUT2D eigenvalue weighted by molar-refractivity contribution is -0.870. The molecule has 0 heterocycles. The van der Waals surface area contributed by atoms with Gasteiger partial charge in [-0.05, 0) is 77.0 Å². The van der Waals surface area contributed by atoms with Gasteiger partial charge < -0.3 is 28.8 Å². The van der Waals surface area contributed by atoms with E-state index in [1.807, 2.05) is 27.2 Å². The molecule has 0 saturated heterocycles. The van der Waals surface area contributed by atoms with Gasteiger partial charge in [-0.15, -0.1) is 0 Å². The number of phosphoric acid groups is 1. The summed E-state index contributed by atoms with van der Waals surface area (Å²) in [6, 6.07) is -0.908. The van der Waals surface area contributed by atoms with Gasteiger partial charge in [0.25, 0.3) is 7.82 Å².